The van der Waals surface area contributed by atoms with Gasteiger partial charge >= 0.3 is 11.9 Å². The average Bonchev–Trinajstić information content (AvgIpc) is 3.37. The van der Waals surface area contributed by atoms with E-state index in [9.17, 15) is 19.5 Å². The van der Waals surface area contributed by atoms with Crippen molar-refractivity contribution < 1.29 is 24.2 Å². The number of hydrogen-bond acceptors (Lipinski definition) is 5. The van der Waals surface area contributed by atoms with Gasteiger partial charge < -0.3 is 15.2 Å². The van der Waals surface area contributed by atoms with Gasteiger partial charge in [-0.05, 0) is 55.4 Å². The zero-order chi connectivity index (χ0) is 20.7. The van der Waals surface area contributed by atoms with Crippen LogP contribution in [-0.4, -0.2) is 29.6 Å². The number of hydrogen-bond donors (Lipinski definition) is 2. The summed E-state index contributed by atoms with van der Waals surface area (Å²) in [6.07, 6.45) is 8.02. The quantitative estimate of drug-likeness (QED) is 0.541. The lowest BCUT2D eigenvalue weighted by atomic mass is 9.82. The van der Waals surface area contributed by atoms with E-state index in [1.54, 1.807) is 0 Å². The Kier molecular flexibility index (Phi) is 5.51. The van der Waals surface area contributed by atoms with Crippen LogP contribution in [0.1, 0.15) is 53.9 Å². The van der Waals surface area contributed by atoms with Crippen LogP contribution in [0.5, 0.6) is 0 Å². The number of carboxylic acid groups (broad SMARTS) is 1. The molecular weight excluding hydrogens is 390 g/mol. The lowest BCUT2D eigenvalue weighted by molar-refractivity contribution is -0.146. The van der Waals surface area contributed by atoms with E-state index in [2.05, 4.69) is 12.2 Å². The Morgan fingerprint density at radius 2 is 1.97 bits per heavy atom. The van der Waals surface area contributed by atoms with Crippen LogP contribution in [-0.2, 0) is 27.2 Å². The van der Waals surface area contributed by atoms with Crippen LogP contribution >= 0.6 is 11.3 Å². The van der Waals surface area contributed by atoms with Crippen molar-refractivity contribution in [3.63, 3.8) is 0 Å². The van der Waals surface area contributed by atoms with Gasteiger partial charge in [-0.3, -0.25) is 9.59 Å². The Morgan fingerprint density at radius 3 is 2.66 bits per heavy atom. The molecule has 7 heteroatoms. The summed E-state index contributed by atoms with van der Waals surface area (Å²) in [5.41, 5.74) is 1.47. The molecule has 1 aromatic rings. The minimum Gasteiger partial charge on any atom is -0.481 e. The highest BCUT2D eigenvalue weighted by Gasteiger charge is 2.51. The predicted molar refractivity (Wildman–Crippen MR) is 110 cm³/mol. The molecule has 156 valence electrons. The van der Waals surface area contributed by atoms with E-state index in [1.807, 2.05) is 19.1 Å². The maximum absolute atomic E-state index is 13.1. The molecule has 6 nitrogen and oxygen atoms in total. The number of anilines is 1. The number of allylic oxidation sites excluding steroid dienone is 2. The first-order chi connectivity index (χ1) is 13.9. The lowest BCUT2D eigenvalue weighted by Gasteiger charge is -2.23. The third-order valence-electron chi connectivity index (χ3n) is 6.44. The summed E-state index contributed by atoms with van der Waals surface area (Å²) < 4.78 is 5.40. The zero-order valence-electron chi connectivity index (χ0n) is 16.8. The first kappa shape index (κ1) is 20.1. The summed E-state index contributed by atoms with van der Waals surface area (Å²) in [5.74, 6) is -2.51. The summed E-state index contributed by atoms with van der Waals surface area (Å²) in [7, 11) is 0. The highest BCUT2D eigenvalue weighted by atomic mass is 32.1. The summed E-state index contributed by atoms with van der Waals surface area (Å²) >= 11 is 1.45. The van der Waals surface area contributed by atoms with Crippen molar-refractivity contribution in [3.05, 3.63) is 28.2 Å². The molecule has 4 rings (SSSR count). The van der Waals surface area contributed by atoms with Gasteiger partial charge in [-0.1, -0.05) is 26.0 Å². The van der Waals surface area contributed by atoms with Crippen LogP contribution in [0.25, 0.3) is 0 Å². The third-order valence-corrected chi connectivity index (χ3v) is 7.61. The van der Waals surface area contributed by atoms with E-state index in [0.717, 1.165) is 36.1 Å². The Balaban J connectivity index is 1.62. The molecule has 0 radical (unpaired) electrons. The van der Waals surface area contributed by atoms with Gasteiger partial charge in [0.15, 0.2) is 0 Å². The SMILES string of the molecule is CCCOC(=O)c1c(NC(=O)[C@@H]2[C@@H](C(=O)O)[C@@H]3C=C[C@@H]2C3)sc2c1CC[C@@H](C)C2. The summed E-state index contributed by atoms with van der Waals surface area (Å²) in [4.78, 5) is 38.8. The Morgan fingerprint density at radius 1 is 1.24 bits per heavy atom. The largest absolute Gasteiger partial charge is 0.481 e. The number of carbonyl (C=O) groups is 3. The van der Waals surface area contributed by atoms with Crippen LogP contribution < -0.4 is 5.32 Å². The van der Waals surface area contributed by atoms with Crippen molar-refractivity contribution in [2.45, 2.75) is 46.0 Å². The van der Waals surface area contributed by atoms with E-state index in [-0.39, 0.29) is 17.7 Å². The Bertz CT molecular complexity index is 873. The van der Waals surface area contributed by atoms with E-state index >= 15 is 0 Å². The maximum atomic E-state index is 13.1. The topological polar surface area (TPSA) is 92.7 Å². The van der Waals surface area contributed by atoms with E-state index in [0.29, 0.717) is 29.5 Å². The van der Waals surface area contributed by atoms with Crippen LogP contribution in [0.15, 0.2) is 12.2 Å². The molecule has 2 bridgehead atoms. The Hall–Kier alpha value is -2.15. The molecule has 1 saturated carbocycles. The minimum absolute atomic E-state index is 0.0498. The molecule has 1 fully saturated rings. The molecule has 0 spiro atoms. The van der Waals surface area contributed by atoms with Crippen molar-refractivity contribution in [2.24, 2.45) is 29.6 Å². The summed E-state index contributed by atoms with van der Waals surface area (Å²) in [6.45, 7) is 4.47. The molecule has 2 N–H and O–H groups in total. The molecule has 0 aliphatic heterocycles. The number of thiophene rings is 1. The van der Waals surface area contributed by atoms with Crippen molar-refractivity contribution in [1.29, 1.82) is 0 Å². The fourth-order valence-electron chi connectivity index (χ4n) is 5.03. The van der Waals surface area contributed by atoms with Gasteiger partial charge in [0.25, 0.3) is 0 Å². The van der Waals surface area contributed by atoms with Crippen molar-refractivity contribution in [2.75, 3.05) is 11.9 Å². The number of nitrogens with one attached hydrogen (secondary N) is 1. The van der Waals surface area contributed by atoms with E-state index in [4.69, 9.17) is 4.74 Å². The smallest absolute Gasteiger partial charge is 0.341 e. The molecule has 0 unspecified atom stereocenters. The van der Waals surface area contributed by atoms with Gasteiger partial charge in [0.05, 0.1) is 24.0 Å². The second kappa shape index (κ2) is 7.94. The third kappa shape index (κ3) is 3.61. The van der Waals surface area contributed by atoms with Crippen molar-refractivity contribution in [1.82, 2.24) is 0 Å². The van der Waals surface area contributed by atoms with Crippen LogP contribution in [0.4, 0.5) is 5.00 Å². The van der Waals surface area contributed by atoms with E-state index < -0.39 is 23.8 Å². The zero-order valence-corrected chi connectivity index (χ0v) is 17.6. The van der Waals surface area contributed by atoms with Gasteiger partial charge in [-0.2, -0.15) is 0 Å². The molecule has 1 heterocycles. The van der Waals surface area contributed by atoms with Crippen molar-refractivity contribution in [3.8, 4) is 0 Å². The number of carboxylic acids is 1. The molecule has 29 heavy (non-hydrogen) atoms. The highest BCUT2D eigenvalue weighted by molar-refractivity contribution is 7.17. The number of aliphatic carboxylic acids is 1. The molecule has 3 aliphatic rings. The minimum atomic E-state index is -0.927. The summed E-state index contributed by atoms with van der Waals surface area (Å²) in [5, 5.41) is 13.1. The Labute approximate surface area is 174 Å². The van der Waals surface area contributed by atoms with Gasteiger partial charge in [0.2, 0.25) is 5.91 Å². The van der Waals surface area contributed by atoms with Crippen LogP contribution in [0.2, 0.25) is 0 Å². The highest BCUT2D eigenvalue weighted by Crippen LogP contribution is 2.49. The second-order valence-corrected chi connectivity index (χ2v) is 9.62. The lowest BCUT2D eigenvalue weighted by Crippen LogP contribution is -2.36. The normalized spacial score (nSPS) is 29.5. The number of amides is 1. The number of ether oxygens (including phenoxy) is 1. The molecule has 0 aromatic carbocycles. The first-order valence-corrected chi connectivity index (χ1v) is 11.3. The van der Waals surface area contributed by atoms with E-state index in [1.165, 1.54) is 11.3 Å². The number of rotatable bonds is 6. The van der Waals surface area contributed by atoms with Gasteiger partial charge in [-0.25, -0.2) is 4.79 Å². The standard InChI is InChI=1S/C22H27NO5S/c1-3-8-28-22(27)18-14-7-4-11(2)9-15(14)29-20(18)23-19(24)16-12-5-6-13(10-12)17(16)21(25)26/h5-6,11-13,16-17H,3-4,7-10H2,1-2H3,(H,23,24)(H,25,26)/t11-,12-,13-,16+,17+/m1/s1. The average molecular weight is 418 g/mol. The monoisotopic (exact) mass is 417 g/mol. The second-order valence-electron chi connectivity index (χ2n) is 8.52. The molecule has 3 aliphatic carbocycles. The fourth-order valence-corrected chi connectivity index (χ4v) is 6.44. The number of esters is 1. The molecule has 0 saturated heterocycles. The van der Waals surface area contributed by atoms with Gasteiger partial charge in [-0.15, -0.1) is 11.3 Å². The fraction of sp³-hybridized carbons (Fsp3) is 0.591. The van der Waals surface area contributed by atoms with Crippen LogP contribution in [0.3, 0.4) is 0 Å². The van der Waals surface area contributed by atoms with Gasteiger partial charge in [0.1, 0.15) is 5.00 Å². The molecule has 1 aromatic heterocycles. The predicted octanol–water partition coefficient (Wildman–Crippen LogP) is 3.90. The molecular formula is C22H27NO5S. The number of fused-ring (bicyclic) bond motifs is 3. The number of carbonyl (C=O) groups excluding carboxylic acids is 2. The van der Waals surface area contributed by atoms with Gasteiger partial charge in [0, 0.05) is 4.88 Å². The maximum Gasteiger partial charge on any atom is 0.341 e. The van der Waals surface area contributed by atoms with Crippen molar-refractivity contribution >= 4 is 34.2 Å². The molecule has 1 amide bonds. The first-order valence-electron chi connectivity index (χ1n) is 10.4. The molecule has 5 atom stereocenters. The van der Waals surface area contributed by atoms with Crippen LogP contribution in [0, 0.1) is 29.6 Å². The summed E-state index contributed by atoms with van der Waals surface area (Å²) in [6, 6.07) is 0.